The van der Waals surface area contributed by atoms with Crippen LogP contribution in [0.4, 0.5) is 5.13 Å². The minimum atomic E-state index is 0.0170. The zero-order valence-electron chi connectivity index (χ0n) is 13.2. The normalized spacial score (nSPS) is 19.0. The third-order valence-corrected chi connectivity index (χ3v) is 5.49. The zero-order chi connectivity index (χ0) is 15.8. The molecule has 122 valence electrons. The van der Waals surface area contributed by atoms with Crippen molar-refractivity contribution in [2.45, 2.75) is 25.2 Å². The molecule has 7 nitrogen and oxygen atoms in total. The van der Waals surface area contributed by atoms with Crippen LogP contribution < -0.4 is 4.90 Å². The summed E-state index contributed by atoms with van der Waals surface area (Å²) in [6.07, 6.45) is 5.25. The SMILES string of the molecule is Cn1ccc(C(=O)N2CCCN(c3nnc(C4CC4)s3)CC2)n1. The Labute approximate surface area is 138 Å². The number of hydrogen-bond acceptors (Lipinski definition) is 6. The number of rotatable bonds is 3. The molecular weight excluding hydrogens is 312 g/mol. The Kier molecular flexibility index (Phi) is 3.76. The lowest BCUT2D eigenvalue weighted by molar-refractivity contribution is 0.0760. The van der Waals surface area contributed by atoms with Gasteiger partial charge in [-0.2, -0.15) is 5.10 Å². The molecule has 8 heteroatoms. The zero-order valence-corrected chi connectivity index (χ0v) is 14.0. The molecule has 0 spiro atoms. The molecular formula is C15H20N6OS. The number of anilines is 1. The molecule has 2 aliphatic rings. The second-order valence-corrected chi connectivity index (χ2v) is 7.19. The van der Waals surface area contributed by atoms with Gasteiger partial charge in [0.05, 0.1) is 0 Å². The van der Waals surface area contributed by atoms with Gasteiger partial charge in [0.15, 0.2) is 0 Å². The highest BCUT2D eigenvalue weighted by atomic mass is 32.1. The van der Waals surface area contributed by atoms with E-state index in [9.17, 15) is 4.79 Å². The van der Waals surface area contributed by atoms with Gasteiger partial charge in [-0.1, -0.05) is 11.3 Å². The molecule has 0 bridgehead atoms. The maximum Gasteiger partial charge on any atom is 0.274 e. The van der Waals surface area contributed by atoms with Crippen molar-refractivity contribution in [3.8, 4) is 0 Å². The molecule has 1 aliphatic heterocycles. The summed E-state index contributed by atoms with van der Waals surface area (Å²) < 4.78 is 1.66. The van der Waals surface area contributed by atoms with Crippen LogP contribution in [-0.2, 0) is 7.05 Å². The summed E-state index contributed by atoms with van der Waals surface area (Å²) in [6.45, 7) is 3.19. The molecule has 0 radical (unpaired) electrons. The molecule has 0 unspecified atom stereocenters. The molecule has 1 saturated heterocycles. The van der Waals surface area contributed by atoms with Crippen molar-refractivity contribution in [1.29, 1.82) is 0 Å². The van der Waals surface area contributed by atoms with Crippen LogP contribution >= 0.6 is 11.3 Å². The highest BCUT2D eigenvalue weighted by molar-refractivity contribution is 7.15. The fraction of sp³-hybridized carbons (Fsp3) is 0.600. The van der Waals surface area contributed by atoms with Crippen LogP contribution in [0.5, 0.6) is 0 Å². The maximum atomic E-state index is 12.5. The van der Waals surface area contributed by atoms with Gasteiger partial charge >= 0.3 is 0 Å². The summed E-state index contributed by atoms with van der Waals surface area (Å²) in [5, 5.41) is 15.1. The molecule has 2 aromatic heterocycles. The van der Waals surface area contributed by atoms with Gasteiger partial charge in [-0.3, -0.25) is 9.48 Å². The largest absolute Gasteiger partial charge is 0.345 e. The average Bonchev–Trinajstić information content (AvgIpc) is 3.22. The number of carbonyl (C=O) groups excluding carboxylic acids is 1. The average molecular weight is 332 g/mol. The number of amides is 1. The van der Waals surface area contributed by atoms with E-state index in [-0.39, 0.29) is 5.91 Å². The Morgan fingerprint density at radius 3 is 2.83 bits per heavy atom. The summed E-state index contributed by atoms with van der Waals surface area (Å²) >= 11 is 1.71. The van der Waals surface area contributed by atoms with E-state index in [1.165, 1.54) is 17.8 Å². The van der Waals surface area contributed by atoms with Gasteiger partial charge in [-0.25, -0.2) is 0 Å². The molecule has 1 aliphatic carbocycles. The molecule has 1 saturated carbocycles. The number of nitrogens with zero attached hydrogens (tertiary/aromatic N) is 6. The van der Waals surface area contributed by atoms with Crippen molar-refractivity contribution in [2.75, 3.05) is 31.1 Å². The molecule has 0 aromatic carbocycles. The Morgan fingerprint density at radius 1 is 1.22 bits per heavy atom. The standard InChI is InChI=1S/C15H20N6OS/c1-19-8-5-12(18-19)14(22)20-6-2-7-21(10-9-20)15-17-16-13(23-15)11-3-4-11/h5,8,11H,2-4,6-7,9-10H2,1H3. The first kappa shape index (κ1) is 14.6. The molecule has 2 aromatic rings. The molecule has 1 amide bonds. The van der Waals surface area contributed by atoms with Gasteiger partial charge in [0.25, 0.3) is 5.91 Å². The van der Waals surface area contributed by atoms with Gasteiger partial charge in [0.2, 0.25) is 5.13 Å². The first-order valence-electron chi connectivity index (χ1n) is 8.08. The Hall–Kier alpha value is -1.96. The van der Waals surface area contributed by atoms with Crippen molar-refractivity contribution in [1.82, 2.24) is 24.9 Å². The van der Waals surface area contributed by atoms with Crippen molar-refractivity contribution < 1.29 is 4.79 Å². The highest BCUT2D eigenvalue weighted by Gasteiger charge is 2.29. The van der Waals surface area contributed by atoms with E-state index in [0.717, 1.165) is 31.2 Å². The first-order chi connectivity index (χ1) is 11.2. The summed E-state index contributed by atoms with van der Waals surface area (Å²) in [4.78, 5) is 16.7. The van der Waals surface area contributed by atoms with Crippen LogP contribution in [0.3, 0.4) is 0 Å². The fourth-order valence-corrected chi connectivity index (χ4v) is 3.92. The second-order valence-electron chi connectivity index (χ2n) is 6.20. The van der Waals surface area contributed by atoms with E-state index >= 15 is 0 Å². The van der Waals surface area contributed by atoms with E-state index in [1.54, 1.807) is 28.3 Å². The molecule has 2 fully saturated rings. The van der Waals surface area contributed by atoms with Gasteiger partial charge in [0.1, 0.15) is 10.7 Å². The number of hydrogen-bond donors (Lipinski definition) is 0. The fourth-order valence-electron chi connectivity index (χ4n) is 2.85. The van der Waals surface area contributed by atoms with Crippen molar-refractivity contribution in [3.63, 3.8) is 0 Å². The topological polar surface area (TPSA) is 67.2 Å². The maximum absolute atomic E-state index is 12.5. The van der Waals surface area contributed by atoms with Gasteiger partial charge < -0.3 is 9.80 Å². The van der Waals surface area contributed by atoms with Gasteiger partial charge in [0, 0.05) is 45.3 Å². The highest BCUT2D eigenvalue weighted by Crippen LogP contribution is 2.42. The number of aromatic nitrogens is 4. The lowest BCUT2D eigenvalue weighted by Crippen LogP contribution is -2.35. The van der Waals surface area contributed by atoms with Crippen molar-refractivity contribution in [2.24, 2.45) is 7.05 Å². The van der Waals surface area contributed by atoms with Gasteiger partial charge in [-0.05, 0) is 25.3 Å². The second kappa shape index (κ2) is 5.92. The van der Waals surface area contributed by atoms with Crippen molar-refractivity contribution in [3.05, 3.63) is 23.0 Å². The first-order valence-corrected chi connectivity index (χ1v) is 8.89. The minimum absolute atomic E-state index is 0.0170. The minimum Gasteiger partial charge on any atom is -0.345 e. The Bertz CT molecular complexity index is 706. The van der Waals surface area contributed by atoms with Crippen LogP contribution in [0.15, 0.2) is 12.3 Å². The Balaban J connectivity index is 1.41. The Morgan fingerprint density at radius 2 is 2.09 bits per heavy atom. The van der Waals surface area contributed by atoms with Crippen LogP contribution in [0.25, 0.3) is 0 Å². The third kappa shape index (κ3) is 3.08. The lowest BCUT2D eigenvalue weighted by Gasteiger charge is -2.20. The summed E-state index contributed by atoms with van der Waals surface area (Å²) in [7, 11) is 1.83. The van der Waals surface area contributed by atoms with Crippen LogP contribution in [0, 0.1) is 0 Å². The third-order valence-electron chi connectivity index (χ3n) is 4.34. The van der Waals surface area contributed by atoms with Crippen LogP contribution in [-0.4, -0.2) is 57.0 Å². The predicted molar refractivity (Wildman–Crippen MR) is 87.8 cm³/mol. The van der Waals surface area contributed by atoms with E-state index in [0.29, 0.717) is 18.2 Å². The monoisotopic (exact) mass is 332 g/mol. The quantitative estimate of drug-likeness (QED) is 0.852. The molecule has 0 N–H and O–H groups in total. The van der Waals surface area contributed by atoms with E-state index < -0.39 is 0 Å². The summed E-state index contributed by atoms with van der Waals surface area (Å²) in [5.74, 6) is 0.666. The van der Waals surface area contributed by atoms with E-state index in [2.05, 4.69) is 20.2 Å². The summed E-state index contributed by atoms with van der Waals surface area (Å²) in [6, 6.07) is 1.78. The molecule has 23 heavy (non-hydrogen) atoms. The number of aryl methyl sites for hydroxylation is 1. The van der Waals surface area contributed by atoms with E-state index in [1.807, 2.05) is 11.9 Å². The summed E-state index contributed by atoms with van der Waals surface area (Å²) in [5.41, 5.74) is 0.521. The lowest BCUT2D eigenvalue weighted by atomic mass is 10.3. The van der Waals surface area contributed by atoms with Crippen LogP contribution in [0.2, 0.25) is 0 Å². The van der Waals surface area contributed by atoms with Gasteiger partial charge in [-0.15, -0.1) is 10.2 Å². The van der Waals surface area contributed by atoms with E-state index in [4.69, 9.17) is 0 Å². The number of carbonyl (C=O) groups is 1. The predicted octanol–water partition coefficient (Wildman–Crippen LogP) is 1.50. The molecule has 0 atom stereocenters. The van der Waals surface area contributed by atoms with Crippen molar-refractivity contribution >= 4 is 22.4 Å². The smallest absolute Gasteiger partial charge is 0.274 e. The molecule has 4 rings (SSSR count). The molecule has 3 heterocycles. The van der Waals surface area contributed by atoms with Crippen LogP contribution in [0.1, 0.15) is 40.7 Å².